The molecule has 23 heavy (non-hydrogen) atoms. The molecule has 0 bridgehead atoms. The van der Waals surface area contributed by atoms with Crippen molar-refractivity contribution in [1.29, 1.82) is 0 Å². The van der Waals surface area contributed by atoms with Gasteiger partial charge >= 0.3 is 0 Å². The molecular weight excluding hydrogens is 286 g/mol. The molecular formula is C20H25NO2. The van der Waals surface area contributed by atoms with Crippen LogP contribution < -0.4 is 5.56 Å². The predicted molar refractivity (Wildman–Crippen MR) is 93.6 cm³/mol. The molecule has 1 aliphatic carbocycles. The Labute approximate surface area is 137 Å². The zero-order chi connectivity index (χ0) is 16.4. The first kappa shape index (κ1) is 15.9. The lowest BCUT2D eigenvalue weighted by Gasteiger charge is -2.40. The number of pyridine rings is 1. The van der Waals surface area contributed by atoms with Gasteiger partial charge in [-0.2, -0.15) is 0 Å². The molecule has 2 unspecified atom stereocenters. The Hall–Kier alpha value is -2.03. The molecule has 3 rings (SSSR count). The van der Waals surface area contributed by atoms with Crippen LogP contribution in [0, 0.1) is 11.3 Å². The number of benzene rings is 1. The Kier molecular flexibility index (Phi) is 4.29. The summed E-state index contributed by atoms with van der Waals surface area (Å²) in [4.78, 5) is 15.5. The van der Waals surface area contributed by atoms with Crippen molar-refractivity contribution in [2.24, 2.45) is 11.3 Å². The Morgan fingerprint density at radius 2 is 2.00 bits per heavy atom. The first-order valence-corrected chi connectivity index (χ1v) is 8.50. The third-order valence-electron chi connectivity index (χ3n) is 5.55. The first-order valence-electron chi connectivity index (χ1n) is 8.50. The highest BCUT2D eigenvalue weighted by molar-refractivity contribution is 5.69. The molecule has 2 atom stereocenters. The molecule has 1 heterocycles. The van der Waals surface area contributed by atoms with Crippen molar-refractivity contribution in [2.75, 3.05) is 0 Å². The normalized spacial score (nSPS) is 24.5. The highest BCUT2D eigenvalue weighted by Crippen LogP contribution is 2.43. The van der Waals surface area contributed by atoms with Crippen molar-refractivity contribution in [2.45, 2.75) is 46.0 Å². The van der Waals surface area contributed by atoms with Crippen LogP contribution in [0.3, 0.4) is 0 Å². The predicted octanol–water partition coefficient (Wildman–Crippen LogP) is 4.51. The maximum absolute atomic E-state index is 12.5. The van der Waals surface area contributed by atoms with Gasteiger partial charge in [-0.15, -0.1) is 0 Å². The van der Waals surface area contributed by atoms with E-state index in [-0.39, 0.29) is 16.7 Å². The van der Waals surface area contributed by atoms with E-state index in [1.807, 2.05) is 30.3 Å². The van der Waals surface area contributed by atoms with Crippen LogP contribution in [0.5, 0.6) is 5.75 Å². The van der Waals surface area contributed by atoms with Crippen LogP contribution in [0.1, 0.15) is 45.2 Å². The minimum atomic E-state index is -0.210. The van der Waals surface area contributed by atoms with Crippen molar-refractivity contribution in [1.82, 2.24) is 4.98 Å². The molecule has 3 heteroatoms. The van der Waals surface area contributed by atoms with E-state index >= 15 is 0 Å². The lowest BCUT2D eigenvalue weighted by atomic mass is 9.66. The van der Waals surface area contributed by atoms with E-state index in [0.29, 0.717) is 11.5 Å². The van der Waals surface area contributed by atoms with Crippen LogP contribution in [0.4, 0.5) is 0 Å². The molecule has 2 aromatic rings. The lowest BCUT2D eigenvalue weighted by molar-refractivity contribution is 0.128. The molecule has 0 saturated heterocycles. The van der Waals surface area contributed by atoms with Crippen molar-refractivity contribution in [3.05, 3.63) is 52.4 Å². The first-order chi connectivity index (χ1) is 11.0. The molecule has 1 aliphatic rings. The van der Waals surface area contributed by atoms with E-state index < -0.39 is 0 Å². The summed E-state index contributed by atoms with van der Waals surface area (Å²) in [7, 11) is 0. The molecule has 0 amide bonds. The number of nitrogens with one attached hydrogen (secondary N) is 1. The molecule has 0 spiro atoms. The second-order valence-electron chi connectivity index (χ2n) is 7.23. The quantitative estimate of drug-likeness (QED) is 0.876. The molecule has 1 saturated carbocycles. The Balaban J connectivity index is 1.93. The summed E-state index contributed by atoms with van der Waals surface area (Å²) in [5.74, 6) is 0.706. The third kappa shape index (κ3) is 3.19. The number of aromatic hydroxyl groups is 1. The van der Waals surface area contributed by atoms with Crippen LogP contribution in [0.15, 0.2) is 41.2 Å². The SMILES string of the molecule is CC1CCCCC1(C)Cc1cc(O)c(-c2ccccc2)c(=O)[nH]1. The summed E-state index contributed by atoms with van der Waals surface area (Å²) in [5.41, 5.74) is 1.93. The largest absolute Gasteiger partial charge is 0.507 e. The molecule has 1 aromatic heterocycles. The van der Waals surface area contributed by atoms with Gasteiger partial charge < -0.3 is 10.1 Å². The van der Waals surface area contributed by atoms with E-state index in [1.165, 1.54) is 25.7 Å². The highest BCUT2D eigenvalue weighted by Gasteiger charge is 2.34. The molecule has 0 radical (unpaired) electrons. The zero-order valence-corrected chi connectivity index (χ0v) is 13.9. The standard InChI is InChI=1S/C20H25NO2/c1-14-8-6-7-11-20(14,2)13-16-12-17(22)18(19(23)21-16)15-9-4-3-5-10-15/h3-5,9-10,12,14H,6-8,11,13H2,1-2H3,(H2,21,22,23). The lowest BCUT2D eigenvalue weighted by Crippen LogP contribution is -2.32. The molecule has 3 nitrogen and oxygen atoms in total. The number of hydrogen-bond donors (Lipinski definition) is 2. The van der Waals surface area contributed by atoms with Gasteiger partial charge in [-0.1, -0.05) is 63.4 Å². The van der Waals surface area contributed by atoms with Crippen molar-refractivity contribution in [3.63, 3.8) is 0 Å². The van der Waals surface area contributed by atoms with Crippen LogP contribution in [-0.4, -0.2) is 10.1 Å². The molecule has 1 fully saturated rings. The number of rotatable bonds is 3. The fourth-order valence-electron chi connectivity index (χ4n) is 3.85. The smallest absolute Gasteiger partial charge is 0.259 e. The van der Waals surface area contributed by atoms with Crippen LogP contribution in [0.2, 0.25) is 0 Å². The summed E-state index contributed by atoms with van der Waals surface area (Å²) < 4.78 is 0. The van der Waals surface area contributed by atoms with Gasteiger partial charge in [0.05, 0.1) is 5.56 Å². The summed E-state index contributed by atoms with van der Waals surface area (Å²) in [5, 5.41) is 10.4. The van der Waals surface area contributed by atoms with E-state index in [9.17, 15) is 9.90 Å². The van der Waals surface area contributed by atoms with Crippen molar-refractivity contribution >= 4 is 0 Å². The Bertz CT molecular complexity index is 735. The minimum absolute atomic E-state index is 0.0713. The molecule has 1 aromatic carbocycles. The van der Waals surface area contributed by atoms with Gasteiger partial charge in [0.2, 0.25) is 0 Å². The van der Waals surface area contributed by atoms with E-state index in [1.54, 1.807) is 6.07 Å². The fourth-order valence-corrected chi connectivity index (χ4v) is 3.85. The number of H-pyrrole nitrogens is 1. The zero-order valence-electron chi connectivity index (χ0n) is 13.9. The third-order valence-corrected chi connectivity index (χ3v) is 5.55. The summed E-state index contributed by atoms with van der Waals surface area (Å²) in [6.45, 7) is 4.60. The van der Waals surface area contributed by atoms with Crippen LogP contribution in [0.25, 0.3) is 11.1 Å². The Morgan fingerprint density at radius 3 is 2.65 bits per heavy atom. The van der Waals surface area contributed by atoms with Gasteiger partial charge in [0.1, 0.15) is 5.75 Å². The summed E-state index contributed by atoms with van der Waals surface area (Å²) in [6, 6.07) is 11.0. The Morgan fingerprint density at radius 1 is 1.26 bits per heavy atom. The van der Waals surface area contributed by atoms with Gasteiger partial charge in [-0.3, -0.25) is 4.79 Å². The maximum Gasteiger partial charge on any atom is 0.259 e. The summed E-state index contributed by atoms with van der Waals surface area (Å²) in [6.07, 6.45) is 5.78. The van der Waals surface area contributed by atoms with Crippen LogP contribution in [-0.2, 0) is 6.42 Å². The van der Waals surface area contributed by atoms with E-state index in [0.717, 1.165) is 17.7 Å². The van der Waals surface area contributed by atoms with Crippen LogP contribution >= 0.6 is 0 Å². The topological polar surface area (TPSA) is 53.1 Å². The van der Waals surface area contributed by atoms with Gasteiger partial charge in [-0.05, 0) is 29.7 Å². The van der Waals surface area contributed by atoms with E-state index in [4.69, 9.17) is 0 Å². The van der Waals surface area contributed by atoms with Crippen molar-refractivity contribution < 1.29 is 5.11 Å². The highest BCUT2D eigenvalue weighted by atomic mass is 16.3. The molecule has 0 aliphatic heterocycles. The maximum atomic E-state index is 12.5. The number of aromatic amines is 1. The number of aromatic nitrogens is 1. The van der Waals surface area contributed by atoms with E-state index in [2.05, 4.69) is 18.8 Å². The minimum Gasteiger partial charge on any atom is -0.507 e. The second-order valence-corrected chi connectivity index (χ2v) is 7.23. The molecule has 122 valence electrons. The van der Waals surface area contributed by atoms with Gasteiger partial charge in [0.15, 0.2) is 0 Å². The fraction of sp³-hybridized carbons (Fsp3) is 0.450. The van der Waals surface area contributed by atoms with Gasteiger partial charge in [-0.25, -0.2) is 0 Å². The monoisotopic (exact) mass is 311 g/mol. The summed E-state index contributed by atoms with van der Waals surface area (Å²) >= 11 is 0. The molecule has 2 N–H and O–H groups in total. The van der Waals surface area contributed by atoms with Gasteiger partial charge in [0, 0.05) is 11.8 Å². The number of hydrogen-bond acceptors (Lipinski definition) is 2. The average molecular weight is 311 g/mol. The average Bonchev–Trinajstić information content (AvgIpc) is 2.51. The van der Waals surface area contributed by atoms with Crippen molar-refractivity contribution in [3.8, 4) is 16.9 Å². The van der Waals surface area contributed by atoms with Gasteiger partial charge in [0.25, 0.3) is 5.56 Å². The second kappa shape index (κ2) is 6.23.